The smallest absolute Gasteiger partial charge is 0.0782 e. The van der Waals surface area contributed by atoms with Gasteiger partial charge in [0.15, 0.2) is 0 Å². The van der Waals surface area contributed by atoms with E-state index < -0.39 is 0 Å². The third-order valence-corrected chi connectivity index (χ3v) is 12.7. The highest BCUT2D eigenvalue weighted by molar-refractivity contribution is 6.22. The maximum absolute atomic E-state index is 2.44. The third kappa shape index (κ3) is 6.35. The van der Waals surface area contributed by atoms with Crippen LogP contribution in [0.1, 0.15) is 0 Å². The van der Waals surface area contributed by atoms with Crippen LogP contribution in [-0.4, -0.2) is 4.57 Å². The van der Waals surface area contributed by atoms with E-state index in [1.165, 1.54) is 71.2 Å². The molecule has 64 heavy (non-hydrogen) atoms. The zero-order chi connectivity index (χ0) is 42.4. The molecule has 0 amide bonds. The summed E-state index contributed by atoms with van der Waals surface area (Å²) in [5.41, 5.74) is 16.3. The molecular weight excluding hydrogens is 773 g/mol. The molecule has 0 bridgehead atoms. The Morgan fingerprint density at radius 2 is 0.750 bits per heavy atom. The van der Waals surface area contributed by atoms with Gasteiger partial charge in [0.05, 0.1) is 16.7 Å². The summed E-state index contributed by atoms with van der Waals surface area (Å²) >= 11 is 0. The molecule has 2 nitrogen and oxygen atoms in total. The molecular formula is C62H42N2. The largest absolute Gasteiger partial charge is 0.308 e. The number of fused-ring (bicyclic) bond motifs is 6. The van der Waals surface area contributed by atoms with Crippen molar-refractivity contribution in [2.24, 2.45) is 0 Å². The van der Waals surface area contributed by atoms with Gasteiger partial charge in [0.2, 0.25) is 0 Å². The highest BCUT2D eigenvalue weighted by atomic mass is 15.2. The lowest BCUT2D eigenvalue weighted by atomic mass is 9.84. The van der Waals surface area contributed by atoms with E-state index in [0.717, 1.165) is 39.4 Å². The minimum Gasteiger partial charge on any atom is -0.308 e. The van der Waals surface area contributed by atoms with Crippen molar-refractivity contribution in [2.45, 2.75) is 0 Å². The van der Waals surface area contributed by atoms with Gasteiger partial charge in [-0.3, -0.25) is 0 Å². The fourth-order valence-electron chi connectivity index (χ4n) is 9.89. The summed E-state index contributed by atoms with van der Waals surface area (Å²) in [6, 6.07) is 92.7. The van der Waals surface area contributed by atoms with Crippen LogP contribution in [0.4, 0.5) is 17.1 Å². The average molecular weight is 815 g/mol. The lowest BCUT2D eigenvalue weighted by Crippen LogP contribution is -2.11. The first-order valence-corrected chi connectivity index (χ1v) is 22.0. The summed E-state index contributed by atoms with van der Waals surface area (Å²) in [5, 5.41) is 7.42. The van der Waals surface area contributed by atoms with Crippen LogP contribution in [0.25, 0.3) is 93.5 Å². The van der Waals surface area contributed by atoms with Gasteiger partial charge in [-0.15, -0.1) is 0 Å². The van der Waals surface area contributed by atoms with E-state index in [4.69, 9.17) is 0 Å². The molecule has 300 valence electrons. The van der Waals surface area contributed by atoms with E-state index in [0.29, 0.717) is 0 Å². The van der Waals surface area contributed by atoms with Crippen molar-refractivity contribution < 1.29 is 0 Å². The first-order chi connectivity index (χ1) is 31.8. The first-order valence-electron chi connectivity index (χ1n) is 22.0. The van der Waals surface area contributed by atoms with Crippen LogP contribution in [0.3, 0.4) is 0 Å². The van der Waals surface area contributed by atoms with Crippen LogP contribution in [0.15, 0.2) is 255 Å². The van der Waals surface area contributed by atoms with Crippen LogP contribution in [-0.2, 0) is 0 Å². The second-order valence-electron chi connectivity index (χ2n) is 16.4. The standard InChI is InChI=1S/C62H42N2/c1-5-19-43(20-6-1)44-35-38-50(39-36-44)63(59-34-18-32-56-54-30-15-16-33-58(54)64(62(56)59)49-26-11-4-12-27-49)51-28-17-25-47(41-51)48-37-40-53-52-29-13-14-31-55(52)60(45-21-7-2-8-22-45)61(57(53)42-48)46-23-9-3-10-24-46/h1-42H. The van der Waals surface area contributed by atoms with Crippen LogP contribution in [0.5, 0.6) is 0 Å². The van der Waals surface area contributed by atoms with E-state index in [1.54, 1.807) is 0 Å². The molecule has 2 heteroatoms. The fourth-order valence-corrected chi connectivity index (χ4v) is 9.89. The van der Waals surface area contributed by atoms with Gasteiger partial charge in [0, 0.05) is 27.8 Å². The maximum Gasteiger partial charge on any atom is 0.0782 e. The number of anilines is 3. The van der Waals surface area contributed by atoms with Crippen molar-refractivity contribution in [1.29, 1.82) is 0 Å². The van der Waals surface area contributed by atoms with E-state index in [2.05, 4.69) is 264 Å². The van der Waals surface area contributed by atoms with Gasteiger partial charge in [-0.2, -0.15) is 0 Å². The highest BCUT2D eigenvalue weighted by Crippen LogP contribution is 2.47. The molecule has 12 rings (SSSR count). The van der Waals surface area contributed by atoms with E-state index in [1.807, 2.05) is 0 Å². The van der Waals surface area contributed by atoms with E-state index in [-0.39, 0.29) is 0 Å². The summed E-state index contributed by atoms with van der Waals surface area (Å²) in [7, 11) is 0. The molecule has 0 aliphatic heterocycles. The quantitative estimate of drug-likeness (QED) is 0.139. The molecule has 0 aliphatic carbocycles. The Balaban J connectivity index is 1.10. The van der Waals surface area contributed by atoms with Gasteiger partial charge >= 0.3 is 0 Å². The first kappa shape index (κ1) is 37.3. The van der Waals surface area contributed by atoms with Crippen LogP contribution in [0, 0.1) is 0 Å². The second kappa shape index (κ2) is 15.8. The highest BCUT2D eigenvalue weighted by Gasteiger charge is 2.23. The summed E-state index contributed by atoms with van der Waals surface area (Å²) in [4.78, 5) is 2.44. The molecule has 1 aromatic heterocycles. The lowest BCUT2D eigenvalue weighted by Gasteiger charge is -2.28. The minimum absolute atomic E-state index is 1.08. The van der Waals surface area contributed by atoms with Crippen molar-refractivity contribution in [3.05, 3.63) is 255 Å². The van der Waals surface area contributed by atoms with E-state index >= 15 is 0 Å². The van der Waals surface area contributed by atoms with E-state index in [9.17, 15) is 0 Å². The summed E-state index contributed by atoms with van der Waals surface area (Å²) < 4.78 is 2.43. The Hall–Kier alpha value is -8.46. The molecule has 0 fully saturated rings. The second-order valence-corrected chi connectivity index (χ2v) is 16.4. The molecule has 0 saturated carbocycles. The number of rotatable bonds is 8. The Morgan fingerprint density at radius 1 is 0.266 bits per heavy atom. The zero-order valence-corrected chi connectivity index (χ0v) is 35.1. The van der Waals surface area contributed by atoms with Crippen molar-refractivity contribution in [1.82, 2.24) is 4.57 Å². The van der Waals surface area contributed by atoms with Crippen molar-refractivity contribution in [2.75, 3.05) is 4.90 Å². The Bertz CT molecular complexity index is 3630. The minimum atomic E-state index is 1.08. The maximum atomic E-state index is 2.44. The summed E-state index contributed by atoms with van der Waals surface area (Å²) in [6.45, 7) is 0. The monoisotopic (exact) mass is 814 g/mol. The normalized spacial score (nSPS) is 11.4. The average Bonchev–Trinajstić information content (AvgIpc) is 3.72. The Morgan fingerprint density at radius 3 is 1.45 bits per heavy atom. The SMILES string of the molecule is c1ccc(-c2ccc(N(c3cccc(-c4ccc5c(c4)c(-c4ccccc4)c(-c4ccccc4)c4ccccc45)c3)c3cccc4c5ccccc5n(-c5ccccc5)c34)cc2)cc1. The number of benzene rings is 11. The molecule has 1 heterocycles. The fraction of sp³-hybridized carbons (Fsp3) is 0. The predicted molar refractivity (Wildman–Crippen MR) is 272 cm³/mol. The third-order valence-electron chi connectivity index (χ3n) is 12.7. The van der Waals surface area contributed by atoms with Crippen molar-refractivity contribution in [3.63, 3.8) is 0 Å². The van der Waals surface area contributed by atoms with Gasteiger partial charge in [0.1, 0.15) is 0 Å². The van der Waals surface area contributed by atoms with Crippen molar-refractivity contribution >= 4 is 60.4 Å². The van der Waals surface area contributed by atoms with Gasteiger partial charge in [-0.25, -0.2) is 0 Å². The van der Waals surface area contributed by atoms with Crippen LogP contribution >= 0.6 is 0 Å². The lowest BCUT2D eigenvalue weighted by molar-refractivity contribution is 1.17. The van der Waals surface area contributed by atoms with Crippen LogP contribution in [0.2, 0.25) is 0 Å². The Labute approximate surface area is 373 Å². The van der Waals surface area contributed by atoms with Gasteiger partial charge in [-0.1, -0.05) is 200 Å². The number of nitrogens with zero attached hydrogens (tertiary/aromatic N) is 2. The molecule has 0 spiro atoms. The van der Waals surface area contributed by atoms with Gasteiger partial charge < -0.3 is 9.47 Å². The molecule has 0 atom stereocenters. The summed E-state index contributed by atoms with van der Waals surface area (Å²) in [6.07, 6.45) is 0. The van der Waals surface area contributed by atoms with Crippen molar-refractivity contribution in [3.8, 4) is 50.2 Å². The Kier molecular flexibility index (Phi) is 9.20. The predicted octanol–water partition coefficient (Wildman–Crippen LogP) is 17.2. The topological polar surface area (TPSA) is 8.17 Å². The zero-order valence-electron chi connectivity index (χ0n) is 35.1. The molecule has 11 aromatic carbocycles. The molecule has 0 N–H and O–H groups in total. The number of hydrogen-bond acceptors (Lipinski definition) is 1. The number of para-hydroxylation sites is 3. The molecule has 12 aromatic rings. The molecule has 0 radical (unpaired) electrons. The van der Waals surface area contributed by atoms with Gasteiger partial charge in [0.25, 0.3) is 0 Å². The number of hydrogen-bond donors (Lipinski definition) is 0. The molecule has 0 aliphatic rings. The molecule has 0 unspecified atom stereocenters. The molecule has 0 saturated heterocycles. The number of aromatic nitrogens is 1. The summed E-state index contributed by atoms with van der Waals surface area (Å²) in [5.74, 6) is 0. The van der Waals surface area contributed by atoms with Gasteiger partial charge in [-0.05, 0) is 121 Å². The van der Waals surface area contributed by atoms with Crippen LogP contribution < -0.4 is 4.90 Å².